The van der Waals surface area contributed by atoms with Gasteiger partial charge in [-0.05, 0) is 20.8 Å². The van der Waals surface area contributed by atoms with Crippen LogP contribution in [0.15, 0.2) is 4.52 Å². The Bertz CT molecular complexity index is 420. The predicted molar refractivity (Wildman–Crippen MR) is 64.0 cm³/mol. The van der Waals surface area contributed by atoms with Crippen LogP contribution >= 0.6 is 0 Å². The highest BCUT2D eigenvalue weighted by molar-refractivity contribution is 5.83. The minimum Gasteiger partial charge on any atom is -0.468 e. The van der Waals surface area contributed by atoms with E-state index in [1.807, 2.05) is 6.92 Å². The minimum absolute atomic E-state index is 0.0325. The maximum absolute atomic E-state index is 12.0. The minimum atomic E-state index is -0.427. The zero-order chi connectivity index (χ0) is 13.7. The van der Waals surface area contributed by atoms with Crippen LogP contribution in [0.3, 0.4) is 0 Å². The van der Waals surface area contributed by atoms with Gasteiger partial charge in [-0.3, -0.25) is 9.59 Å². The van der Waals surface area contributed by atoms with Gasteiger partial charge in [0, 0.05) is 12.1 Å². The first-order valence-electron chi connectivity index (χ1n) is 5.75. The number of aromatic nitrogens is 1. The Labute approximate surface area is 106 Å². The Morgan fingerprint density at radius 2 is 2.06 bits per heavy atom. The first-order valence-corrected chi connectivity index (χ1v) is 5.75. The van der Waals surface area contributed by atoms with Gasteiger partial charge in [0.1, 0.15) is 12.3 Å². The van der Waals surface area contributed by atoms with Crippen molar-refractivity contribution in [1.82, 2.24) is 10.1 Å². The van der Waals surface area contributed by atoms with Gasteiger partial charge >= 0.3 is 5.97 Å². The Morgan fingerprint density at radius 3 is 2.50 bits per heavy atom. The number of carbonyl (C=O) groups is 2. The van der Waals surface area contributed by atoms with Crippen molar-refractivity contribution in [3.05, 3.63) is 17.0 Å². The molecule has 6 nitrogen and oxygen atoms in total. The van der Waals surface area contributed by atoms with Crippen LogP contribution in [-0.4, -0.2) is 42.1 Å². The number of aryl methyl sites for hydroxylation is 2. The van der Waals surface area contributed by atoms with Gasteiger partial charge in [-0.15, -0.1) is 0 Å². The van der Waals surface area contributed by atoms with Crippen molar-refractivity contribution in [2.45, 2.75) is 27.2 Å². The molecule has 1 heterocycles. The van der Waals surface area contributed by atoms with Gasteiger partial charge in [-0.2, -0.15) is 0 Å². The van der Waals surface area contributed by atoms with E-state index in [1.165, 1.54) is 12.0 Å². The molecule has 0 atom stereocenters. The summed E-state index contributed by atoms with van der Waals surface area (Å²) in [5.74, 6) is 0.0660. The molecule has 0 aliphatic rings. The highest BCUT2D eigenvalue weighted by Gasteiger charge is 2.19. The average Bonchev–Trinajstić information content (AvgIpc) is 2.67. The summed E-state index contributed by atoms with van der Waals surface area (Å²) in [6.45, 7) is 5.79. The highest BCUT2D eigenvalue weighted by atomic mass is 16.5. The van der Waals surface area contributed by atoms with Crippen molar-refractivity contribution in [3.8, 4) is 0 Å². The van der Waals surface area contributed by atoms with Crippen LogP contribution in [0.2, 0.25) is 0 Å². The van der Waals surface area contributed by atoms with Crippen molar-refractivity contribution in [2.75, 3.05) is 20.2 Å². The lowest BCUT2D eigenvalue weighted by Crippen LogP contribution is -2.37. The number of methoxy groups -OCH3 is 1. The van der Waals surface area contributed by atoms with E-state index in [0.29, 0.717) is 18.0 Å². The molecule has 0 saturated heterocycles. The molecule has 6 heteroatoms. The lowest BCUT2D eigenvalue weighted by Gasteiger charge is -2.19. The third-order valence-electron chi connectivity index (χ3n) is 2.79. The van der Waals surface area contributed by atoms with Crippen molar-refractivity contribution in [2.24, 2.45) is 0 Å². The van der Waals surface area contributed by atoms with Crippen LogP contribution < -0.4 is 0 Å². The summed E-state index contributed by atoms with van der Waals surface area (Å²) < 4.78 is 9.55. The number of likely N-dealkylation sites (N-methyl/N-ethyl adjacent to an activating group) is 1. The molecule has 18 heavy (non-hydrogen) atoms. The fraction of sp³-hybridized carbons (Fsp3) is 0.583. The number of rotatable bonds is 5. The van der Waals surface area contributed by atoms with Gasteiger partial charge in [0.25, 0.3) is 0 Å². The van der Waals surface area contributed by atoms with Gasteiger partial charge in [0.15, 0.2) is 0 Å². The molecule has 0 aromatic carbocycles. The van der Waals surface area contributed by atoms with Crippen LogP contribution in [0.25, 0.3) is 0 Å². The second-order valence-electron chi connectivity index (χ2n) is 3.96. The van der Waals surface area contributed by atoms with Crippen LogP contribution in [0.4, 0.5) is 0 Å². The molecule has 0 spiro atoms. The molecule has 0 aliphatic carbocycles. The highest BCUT2D eigenvalue weighted by Crippen LogP contribution is 2.14. The van der Waals surface area contributed by atoms with E-state index < -0.39 is 5.97 Å². The molecule has 100 valence electrons. The third-order valence-corrected chi connectivity index (χ3v) is 2.79. The molecule has 1 aromatic rings. The number of nitrogens with zero attached hydrogens (tertiary/aromatic N) is 2. The van der Waals surface area contributed by atoms with E-state index in [9.17, 15) is 9.59 Å². The van der Waals surface area contributed by atoms with Crippen LogP contribution in [0, 0.1) is 13.8 Å². The average molecular weight is 254 g/mol. The summed E-state index contributed by atoms with van der Waals surface area (Å²) in [5.41, 5.74) is 1.48. The van der Waals surface area contributed by atoms with Gasteiger partial charge in [-0.25, -0.2) is 0 Å². The van der Waals surface area contributed by atoms with E-state index >= 15 is 0 Å². The molecule has 1 rings (SSSR count). The molecule has 0 aliphatic heterocycles. The Hall–Kier alpha value is -1.85. The molecule has 0 unspecified atom stereocenters. The van der Waals surface area contributed by atoms with Gasteiger partial charge < -0.3 is 14.2 Å². The number of ether oxygens (including phenoxy) is 1. The molecule has 0 bridgehead atoms. The van der Waals surface area contributed by atoms with Gasteiger partial charge in [0.05, 0.1) is 19.2 Å². The van der Waals surface area contributed by atoms with E-state index in [2.05, 4.69) is 9.89 Å². The molecular formula is C12H18N2O4. The van der Waals surface area contributed by atoms with Crippen molar-refractivity contribution in [3.63, 3.8) is 0 Å². The van der Waals surface area contributed by atoms with Gasteiger partial charge in [-0.1, -0.05) is 5.16 Å². The molecule has 0 radical (unpaired) electrons. The summed E-state index contributed by atoms with van der Waals surface area (Å²) in [7, 11) is 1.30. The molecule has 1 aromatic heterocycles. The second-order valence-corrected chi connectivity index (χ2v) is 3.96. The second kappa shape index (κ2) is 6.18. The van der Waals surface area contributed by atoms with E-state index in [1.54, 1.807) is 13.8 Å². The zero-order valence-electron chi connectivity index (χ0n) is 11.1. The first kappa shape index (κ1) is 14.2. The van der Waals surface area contributed by atoms with Crippen molar-refractivity contribution >= 4 is 11.9 Å². The van der Waals surface area contributed by atoms with Gasteiger partial charge in [0.2, 0.25) is 5.91 Å². The summed E-state index contributed by atoms with van der Waals surface area (Å²) in [5, 5.41) is 3.79. The summed E-state index contributed by atoms with van der Waals surface area (Å²) >= 11 is 0. The van der Waals surface area contributed by atoms with Crippen molar-refractivity contribution in [1.29, 1.82) is 0 Å². The number of hydrogen-bond donors (Lipinski definition) is 0. The van der Waals surface area contributed by atoms with E-state index in [4.69, 9.17) is 4.52 Å². The number of esters is 1. The standard InChI is InChI=1S/C12H18N2O4/c1-5-14(7-12(16)17-4)11(15)6-10-8(2)13-18-9(10)3/h5-7H2,1-4H3. The Balaban J connectivity index is 2.71. The number of hydrogen-bond acceptors (Lipinski definition) is 5. The zero-order valence-corrected chi connectivity index (χ0v) is 11.1. The van der Waals surface area contributed by atoms with E-state index in [0.717, 1.165) is 5.56 Å². The number of carbonyl (C=O) groups excluding carboxylic acids is 2. The third kappa shape index (κ3) is 3.32. The van der Waals surface area contributed by atoms with Crippen LogP contribution in [-0.2, 0) is 20.7 Å². The Morgan fingerprint density at radius 1 is 1.39 bits per heavy atom. The predicted octanol–water partition coefficient (Wildman–Crippen LogP) is 0.855. The summed E-state index contributed by atoms with van der Waals surface area (Å²) in [6, 6.07) is 0. The fourth-order valence-corrected chi connectivity index (χ4v) is 1.61. The lowest BCUT2D eigenvalue weighted by atomic mass is 10.1. The largest absolute Gasteiger partial charge is 0.468 e. The Kier molecular flexibility index (Phi) is 4.88. The maximum Gasteiger partial charge on any atom is 0.325 e. The fourth-order valence-electron chi connectivity index (χ4n) is 1.61. The normalized spacial score (nSPS) is 10.2. The van der Waals surface area contributed by atoms with Crippen LogP contribution in [0.1, 0.15) is 23.9 Å². The number of amides is 1. The maximum atomic E-state index is 12.0. The van der Waals surface area contributed by atoms with E-state index in [-0.39, 0.29) is 18.9 Å². The first-order chi connectivity index (χ1) is 8.49. The summed E-state index contributed by atoms with van der Waals surface area (Å²) in [4.78, 5) is 24.7. The topological polar surface area (TPSA) is 72.6 Å². The molecule has 0 fully saturated rings. The quantitative estimate of drug-likeness (QED) is 0.728. The van der Waals surface area contributed by atoms with Crippen molar-refractivity contribution < 1.29 is 18.8 Å². The molecule has 0 saturated carbocycles. The lowest BCUT2D eigenvalue weighted by molar-refractivity contribution is -0.146. The smallest absolute Gasteiger partial charge is 0.325 e. The molecular weight excluding hydrogens is 236 g/mol. The SMILES string of the molecule is CCN(CC(=O)OC)C(=O)Cc1c(C)noc1C. The molecule has 0 N–H and O–H groups in total. The monoisotopic (exact) mass is 254 g/mol. The summed E-state index contributed by atoms with van der Waals surface area (Å²) in [6.07, 6.45) is 0.187. The van der Waals surface area contributed by atoms with Crippen LogP contribution in [0.5, 0.6) is 0 Å². The molecule has 1 amide bonds.